The van der Waals surface area contributed by atoms with Crippen LogP contribution in [0.5, 0.6) is 0 Å². The minimum atomic E-state index is -0.238. The molecule has 1 heterocycles. The topological polar surface area (TPSA) is 42.0 Å². The van der Waals surface area contributed by atoms with E-state index in [4.69, 9.17) is 11.6 Å². The number of benzene rings is 1. The fourth-order valence-corrected chi connectivity index (χ4v) is 1.69. The molecule has 2 aromatic rings. The molecule has 0 spiro atoms. The Kier molecular flexibility index (Phi) is 3.76. The Hall–Kier alpha value is -1.39. The normalized spacial score (nSPS) is 10.0. The number of pyridine rings is 1. The van der Waals surface area contributed by atoms with Crippen molar-refractivity contribution in [2.24, 2.45) is 0 Å². The molecule has 2 rings (SSSR count). The molecule has 3 nitrogen and oxygen atoms in total. The van der Waals surface area contributed by atoms with Crippen LogP contribution >= 0.6 is 27.5 Å². The van der Waals surface area contributed by atoms with Gasteiger partial charge in [0.05, 0.1) is 5.02 Å². The van der Waals surface area contributed by atoms with Gasteiger partial charge in [0.15, 0.2) is 5.82 Å². The zero-order chi connectivity index (χ0) is 12.3. The number of aromatic nitrogens is 1. The first kappa shape index (κ1) is 12.1. The zero-order valence-electron chi connectivity index (χ0n) is 8.65. The maximum absolute atomic E-state index is 11.9. The first-order chi connectivity index (χ1) is 8.16. The van der Waals surface area contributed by atoms with E-state index in [0.717, 1.165) is 4.47 Å². The molecular weight excluding hydrogens is 304 g/mol. The summed E-state index contributed by atoms with van der Waals surface area (Å²) in [5.41, 5.74) is 0.551. The molecule has 5 heteroatoms. The number of hydrogen-bond donors (Lipinski definition) is 1. The van der Waals surface area contributed by atoms with E-state index in [-0.39, 0.29) is 5.91 Å². The van der Waals surface area contributed by atoms with Crippen LogP contribution in [0.25, 0.3) is 0 Å². The van der Waals surface area contributed by atoms with Crippen molar-refractivity contribution in [1.29, 1.82) is 0 Å². The van der Waals surface area contributed by atoms with Crippen LogP contribution < -0.4 is 5.32 Å². The second-order valence-electron chi connectivity index (χ2n) is 3.29. The molecule has 1 amide bonds. The average molecular weight is 312 g/mol. The van der Waals surface area contributed by atoms with Crippen LogP contribution in [0.4, 0.5) is 5.82 Å². The fraction of sp³-hybridized carbons (Fsp3) is 0. The van der Waals surface area contributed by atoms with E-state index in [2.05, 4.69) is 26.2 Å². The number of amides is 1. The second-order valence-corrected chi connectivity index (χ2v) is 4.62. The first-order valence-corrected chi connectivity index (χ1v) is 6.01. The first-order valence-electron chi connectivity index (χ1n) is 4.84. The van der Waals surface area contributed by atoms with Gasteiger partial charge in [0, 0.05) is 16.2 Å². The van der Waals surface area contributed by atoms with Crippen molar-refractivity contribution in [3.63, 3.8) is 0 Å². The van der Waals surface area contributed by atoms with Crippen molar-refractivity contribution in [3.8, 4) is 0 Å². The van der Waals surface area contributed by atoms with Gasteiger partial charge in [-0.05, 0) is 36.4 Å². The summed E-state index contributed by atoms with van der Waals surface area (Å²) in [7, 11) is 0. The Bertz CT molecular complexity index is 542. The SMILES string of the molecule is O=C(Nc1ncccc1Cl)c1ccc(Br)cc1. The van der Waals surface area contributed by atoms with E-state index in [9.17, 15) is 4.79 Å². The minimum absolute atomic E-state index is 0.238. The van der Waals surface area contributed by atoms with Gasteiger partial charge < -0.3 is 5.32 Å². The molecule has 0 bridgehead atoms. The van der Waals surface area contributed by atoms with Crippen molar-refractivity contribution < 1.29 is 4.79 Å². The van der Waals surface area contributed by atoms with E-state index in [0.29, 0.717) is 16.4 Å². The molecule has 1 aromatic heterocycles. The van der Waals surface area contributed by atoms with Crippen LogP contribution in [0, 0.1) is 0 Å². The largest absolute Gasteiger partial charge is 0.305 e. The summed E-state index contributed by atoms with van der Waals surface area (Å²) in [5, 5.41) is 3.06. The summed E-state index contributed by atoms with van der Waals surface area (Å²) in [6.07, 6.45) is 1.57. The van der Waals surface area contributed by atoms with Gasteiger partial charge in [0.1, 0.15) is 0 Å². The number of rotatable bonds is 2. The second kappa shape index (κ2) is 5.29. The molecule has 0 aliphatic carbocycles. The van der Waals surface area contributed by atoms with Gasteiger partial charge in [-0.1, -0.05) is 27.5 Å². The standard InChI is InChI=1S/C12H8BrClN2O/c13-9-5-3-8(4-6-9)12(17)16-11-10(14)2-1-7-15-11/h1-7H,(H,15,16,17). The predicted octanol–water partition coefficient (Wildman–Crippen LogP) is 3.75. The lowest BCUT2D eigenvalue weighted by atomic mass is 10.2. The maximum atomic E-state index is 11.9. The molecule has 1 N–H and O–H groups in total. The van der Waals surface area contributed by atoms with Crippen molar-refractivity contribution in [3.05, 3.63) is 57.7 Å². The van der Waals surface area contributed by atoms with Crippen molar-refractivity contribution in [1.82, 2.24) is 4.98 Å². The molecule has 0 atom stereocenters. The average Bonchev–Trinajstić information content (AvgIpc) is 2.33. The number of hydrogen-bond acceptors (Lipinski definition) is 2. The zero-order valence-corrected chi connectivity index (χ0v) is 11.0. The Morgan fingerprint density at radius 3 is 2.59 bits per heavy atom. The monoisotopic (exact) mass is 310 g/mol. The molecule has 0 aliphatic rings. The summed E-state index contributed by atoms with van der Waals surface area (Å²) >= 11 is 9.20. The highest BCUT2D eigenvalue weighted by molar-refractivity contribution is 9.10. The summed E-state index contributed by atoms with van der Waals surface area (Å²) < 4.78 is 0.921. The van der Waals surface area contributed by atoms with Crippen molar-refractivity contribution in [2.75, 3.05) is 5.32 Å². The molecule has 0 saturated carbocycles. The number of nitrogens with one attached hydrogen (secondary N) is 1. The van der Waals surface area contributed by atoms with Crippen LogP contribution in [0.3, 0.4) is 0 Å². The molecule has 86 valence electrons. The van der Waals surface area contributed by atoms with Gasteiger partial charge in [-0.25, -0.2) is 4.98 Å². The summed E-state index contributed by atoms with van der Waals surface area (Å²) in [5.74, 6) is 0.125. The van der Waals surface area contributed by atoms with E-state index in [1.54, 1.807) is 42.6 Å². The van der Waals surface area contributed by atoms with Gasteiger partial charge in [-0.15, -0.1) is 0 Å². The highest BCUT2D eigenvalue weighted by atomic mass is 79.9. The molecule has 0 unspecified atom stereocenters. The lowest BCUT2D eigenvalue weighted by Crippen LogP contribution is -2.13. The highest BCUT2D eigenvalue weighted by Gasteiger charge is 2.08. The van der Waals surface area contributed by atoms with Gasteiger partial charge in [0.25, 0.3) is 5.91 Å². The Morgan fingerprint density at radius 1 is 1.24 bits per heavy atom. The Balaban J connectivity index is 2.17. The molecular formula is C12H8BrClN2O. The minimum Gasteiger partial charge on any atom is -0.305 e. The third-order valence-electron chi connectivity index (χ3n) is 2.10. The van der Waals surface area contributed by atoms with Crippen LogP contribution in [0.15, 0.2) is 47.1 Å². The predicted molar refractivity (Wildman–Crippen MR) is 71.3 cm³/mol. The van der Waals surface area contributed by atoms with E-state index < -0.39 is 0 Å². The van der Waals surface area contributed by atoms with Crippen molar-refractivity contribution >= 4 is 39.3 Å². The fourth-order valence-electron chi connectivity index (χ4n) is 1.26. The van der Waals surface area contributed by atoms with Crippen molar-refractivity contribution in [2.45, 2.75) is 0 Å². The van der Waals surface area contributed by atoms with Crippen LogP contribution in [0.1, 0.15) is 10.4 Å². The maximum Gasteiger partial charge on any atom is 0.256 e. The Morgan fingerprint density at radius 2 is 1.94 bits per heavy atom. The van der Waals surface area contributed by atoms with Gasteiger partial charge >= 0.3 is 0 Å². The van der Waals surface area contributed by atoms with Crippen LogP contribution in [-0.4, -0.2) is 10.9 Å². The molecule has 1 aromatic carbocycles. The van der Waals surface area contributed by atoms with Crippen LogP contribution in [-0.2, 0) is 0 Å². The van der Waals surface area contributed by atoms with Gasteiger partial charge in [-0.2, -0.15) is 0 Å². The number of anilines is 1. The third kappa shape index (κ3) is 3.05. The quantitative estimate of drug-likeness (QED) is 0.918. The lowest BCUT2D eigenvalue weighted by molar-refractivity contribution is 0.102. The molecule has 0 fully saturated rings. The molecule has 17 heavy (non-hydrogen) atoms. The van der Waals surface area contributed by atoms with E-state index >= 15 is 0 Å². The lowest BCUT2D eigenvalue weighted by Gasteiger charge is -2.05. The third-order valence-corrected chi connectivity index (χ3v) is 2.93. The molecule has 0 saturated heterocycles. The number of nitrogens with zero attached hydrogens (tertiary/aromatic N) is 1. The van der Waals surface area contributed by atoms with E-state index in [1.165, 1.54) is 0 Å². The number of halogens is 2. The molecule has 0 aliphatic heterocycles. The molecule has 0 radical (unpaired) electrons. The Labute approximate surface area is 112 Å². The van der Waals surface area contributed by atoms with E-state index in [1.807, 2.05) is 0 Å². The summed E-state index contributed by atoms with van der Waals surface area (Å²) in [6, 6.07) is 10.4. The van der Waals surface area contributed by atoms with Gasteiger partial charge in [-0.3, -0.25) is 4.79 Å². The number of carbonyl (C=O) groups excluding carboxylic acids is 1. The smallest absolute Gasteiger partial charge is 0.256 e. The number of carbonyl (C=O) groups is 1. The van der Waals surface area contributed by atoms with Crippen LogP contribution in [0.2, 0.25) is 5.02 Å². The summed E-state index contributed by atoms with van der Waals surface area (Å²) in [4.78, 5) is 15.8. The highest BCUT2D eigenvalue weighted by Crippen LogP contribution is 2.18. The summed E-state index contributed by atoms with van der Waals surface area (Å²) in [6.45, 7) is 0. The van der Waals surface area contributed by atoms with Gasteiger partial charge in [0.2, 0.25) is 0 Å².